The van der Waals surface area contributed by atoms with Crippen molar-refractivity contribution in [2.75, 3.05) is 6.61 Å². The molecule has 100 valence electrons. The molecule has 4 unspecified atom stereocenters. The third-order valence-electron chi connectivity index (χ3n) is 4.36. The lowest BCUT2D eigenvalue weighted by molar-refractivity contribution is -0.355. The standard InChI is InChI=1S/C13H24O4/c1-8(2)12-6-7-16-13(17-12,11(3,4)5)10(15)9(12)14/h8-10,14-15H,6-7H2,1-5H3. The van der Waals surface area contributed by atoms with E-state index >= 15 is 0 Å². The summed E-state index contributed by atoms with van der Waals surface area (Å²) in [4.78, 5) is 0. The van der Waals surface area contributed by atoms with Gasteiger partial charge in [0.05, 0.1) is 6.61 Å². The van der Waals surface area contributed by atoms with E-state index in [-0.39, 0.29) is 11.3 Å². The molecule has 4 heteroatoms. The van der Waals surface area contributed by atoms with Crippen molar-refractivity contribution in [3.8, 4) is 0 Å². The summed E-state index contributed by atoms with van der Waals surface area (Å²) in [5.41, 5.74) is -1.06. The molecular formula is C13H24O4. The highest BCUT2D eigenvalue weighted by Crippen LogP contribution is 2.55. The van der Waals surface area contributed by atoms with Gasteiger partial charge in [0.25, 0.3) is 0 Å². The van der Waals surface area contributed by atoms with E-state index in [0.29, 0.717) is 13.0 Å². The van der Waals surface area contributed by atoms with Crippen molar-refractivity contribution < 1.29 is 19.7 Å². The van der Waals surface area contributed by atoms with Crippen molar-refractivity contribution in [2.45, 2.75) is 64.6 Å². The van der Waals surface area contributed by atoms with Gasteiger partial charge in [-0.15, -0.1) is 0 Å². The fraction of sp³-hybridized carbons (Fsp3) is 1.00. The average Bonchev–Trinajstić information content (AvgIpc) is 2.39. The molecule has 0 amide bonds. The summed E-state index contributed by atoms with van der Waals surface area (Å²) < 4.78 is 11.8. The van der Waals surface area contributed by atoms with Crippen LogP contribution in [0.4, 0.5) is 0 Å². The first kappa shape index (κ1) is 13.3. The van der Waals surface area contributed by atoms with E-state index in [4.69, 9.17) is 9.47 Å². The van der Waals surface area contributed by atoms with Crippen LogP contribution in [0.15, 0.2) is 0 Å². The Morgan fingerprint density at radius 3 is 2.24 bits per heavy atom. The molecule has 0 aromatic heterocycles. The first-order valence-electron chi connectivity index (χ1n) is 6.38. The molecule has 4 atom stereocenters. The minimum Gasteiger partial charge on any atom is -0.387 e. The predicted octanol–water partition coefficient (Wildman–Crippen LogP) is 1.30. The molecule has 17 heavy (non-hydrogen) atoms. The fourth-order valence-corrected chi connectivity index (χ4v) is 3.12. The van der Waals surface area contributed by atoms with Crippen LogP contribution in [0, 0.1) is 11.3 Å². The number of aliphatic hydroxyl groups excluding tert-OH is 2. The summed E-state index contributed by atoms with van der Waals surface area (Å²) in [6, 6.07) is 0. The van der Waals surface area contributed by atoms with Crippen molar-refractivity contribution in [1.29, 1.82) is 0 Å². The number of ether oxygens (including phenoxy) is 2. The molecule has 0 spiro atoms. The molecule has 2 bridgehead atoms. The fourth-order valence-electron chi connectivity index (χ4n) is 3.12. The molecule has 0 saturated carbocycles. The van der Waals surface area contributed by atoms with Gasteiger partial charge in [0.15, 0.2) is 0 Å². The van der Waals surface area contributed by atoms with Gasteiger partial charge in [-0.1, -0.05) is 34.6 Å². The van der Waals surface area contributed by atoms with Crippen LogP contribution in [-0.2, 0) is 9.47 Å². The van der Waals surface area contributed by atoms with E-state index in [1.165, 1.54) is 0 Å². The second-order valence-electron chi connectivity index (χ2n) is 6.62. The summed E-state index contributed by atoms with van der Waals surface area (Å²) in [6.07, 6.45) is -1.25. The van der Waals surface area contributed by atoms with Crippen molar-refractivity contribution >= 4 is 0 Å². The van der Waals surface area contributed by atoms with Crippen LogP contribution in [0.1, 0.15) is 41.0 Å². The highest BCUT2D eigenvalue weighted by atomic mass is 16.7. The van der Waals surface area contributed by atoms with Crippen molar-refractivity contribution in [3.63, 3.8) is 0 Å². The first-order chi connectivity index (χ1) is 7.67. The van der Waals surface area contributed by atoms with Gasteiger partial charge in [0, 0.05) is 11.8 Å². The van der Waals surface area contributed by atoms with Gasteiger partial charge in [-0.25, -0.2) is 0 Å². The molecular weight excluding hydrogens is 220 g/mol. The van der Waals surface area contributed by atoms with Crippen molar-refractivity contribution in [2.24, 2.45) is 11.3 Å². The lowest BCUT2D eigenvalue weighted by Crippen LogP contribution is -2.56. The van der Waals surface area contributed by atoms with Crippen molar-refractivity contribution in [1.82, 2.24) is 0 Å². The largest absolute Gasteiger partial charge is 0.387 e. The van der Waals surface area contributed by atoms with Gasteiger partial charge in [0.1, 0.15) is 17.8 Å². The van der Waals surface area contributed by atoms with E-state index < -0.39 is 23.6 Å². The van der Waals surface area contributed by atoms with Crippen LogP contribution in [0.25, 0.3) is 0 Å². The average molecular weight is 244 g/mol. The third kappa shape index (κ3) is 1.51. The van der Waals surface area contributed by atoms with E-state index in [1.807, 2.05) is 34.6 Å². The molecule has 2 heterocycles. The highest BCUT2D eigenvalue weighted by molar-refractivity contribution is 5.12. The van der Waals surface area contributed by atoms with Crippen LogP contribution in [0.3, 0.4) is 0 Å². The summed E-state index contributed by atoms with van der Waals surface area (Å²) >= 11 is 0. The number of rotatable bonds is 1. The molecule has 4 nitrogen and oxygen atoms in total. The second-order valence-corrected chi connectivity index (χ2v) is 6.62. The maximum Gasteiger partial charge on any atom is 0.202 e. The van der Waals surface area contributed by atoms with Crippen LogP contribution < -0.4 is 0 Å². The van der Waals surface area contributed by atoms with Crippen LogP contribution >= 0.6 is 0 Å². The first-order valence-corrected chi connectivity index (χ1v) is 6.38. The third-order valence-corrected chi connectivity index (χ3v) is 4.36. The van der Waals surface area contributed by atoms with E-state index in [0.717, 1.165) is 0 Å². The smallest absolute Gasteiger partial charge is 0.202 e. The van der Waals surface area contributed by atoms with Gasteiger partial charge in [-0.05, 0) is 5.92 Å². The van der Waals surface area contributed by atoms with Crippen LogP contribution in [-0.4, -0.2) is 40.4 Å². The number of aliphatic hydroxyl groups is 2. The molecule has 0 aromatic rings. The lowest BCUT2D eigenvalue weighted by atomic mass is 9.79. The molecule has 2 rings (SSSR count). The van der Waals surface area contributed by atoms with Gasteiger partial charge in [-0.3, -0.25) is 0 Å². The van der Waals surface area contributed by atoms with Gasteiger partial charge >= 0.3 is 0 Å². The highest BCUT2D eigenvalue weighted by Gasteiger charge is 2.69. The molecule has 2 N–H and O–H groups in total. The number of fused-ring (bicyclic) bond motifs is 2. The Morgan fingerprint density at radius 2 is 1.76 bits per heavy atom. The minimum atomic E-state index is -1.09. The van der Waals surface area contributed by atoms with E-state index in [2.05, 4.69) is 0 Å². The number of hydrogen-bond acceptors (Lipinski definition) is 4. The monoisotopic (exact) mass is 244 g/mol. The van der Waals surface area contributed by atoms with E-state index in [1.54, 1.807) is 0 Å². The minimum absolute atomic E-state index is 0.139. The SMILES string of the molecule is CC(C)C12CCOC(C(C)(C)C)(O1)C(O)C2O. The summed E-state index contributed by atoms with van der Waals surface area (Å²) in [6.45, 7) is 10.4. The maximum atomic E-state index is 10.4. The van der Waals surface area contributed by atoms with Gasteiger partial charge in [-0.2, -0.15) is 0 Å². The van der Waals surface area contributed by atoms with Crippen molar-refractivity contribution in [3.05, 3.63) is 0 Å². The molecule has 0 aliphatic carbocycles. The Bertz CT molecular complexity index is 309. The van der Waals surface area contributed by atoms with Crippen LogP contribution in [0.2, 0.25) is 0 Å². The molecule has 2 aliphatic rings. The normalized spacial score (nSPS) is 46.6. The Morgan fingerprint density at radius 1 is 1.18 bits per heavy atom. The van der Waals surface area contributed by atoms with Crippen LogP contribution in [0.5, 0.6) is 0 Å². The summed E-state index contributed by atoms with van der Waals surface area (Å²) in [7, 11) is 0. The molecule has 2 fully saturated rings. The Labute approximate surface area is 103 Å². The molecule has 2 saturated heterocycles. The van der Waals surface area contributed by atoms with Gasteiger partial charge < -0.3 is 19.7 Å². The topological polar surface area (TPSA) is 58.9 Å². The predicted molar refractivity (Wildman–Crippen MR) is 63.4 cm³/mol. The Balaban J connectivity index is 2.46. The quantitative estimate of drug-likeness (QED) is 0.730. The Hall–Kier alpha value is -0.160. The molecule has 2 aliphatic heterocycles. The molecule has 0 aromatic carbocycles. The zero-order chi connectivity index (χ0) is 13.1. The zero-order valence-electron chi connectivity index (χ0n) is 11.4. The summed E-state index contributed by atoms with van der Waals surface area (Å²) in [5, 5.41) is 20.7. The summed E-state index contributed by atoms with van der Waals surface area (Å²) in [5.74, 6) is -0.949. The zero-order valence-corrected chi connectivity index (χ0v) is 11.4. The lowest BCUT2D eigenvalue weighted by Gasteiger charge is -2.48. The maximum absolute atomic E-state index is 10.4. The van der Waals surface area contributed by atoms with E-state index in [9.17, 15) is 10.2 Å². The molecule has 0 radical (unpaired) electrons. The van der Waals surface area contributed by atoms with Gasteiger partial charge in [0.2, 0.25) is 5.79 Å². The Kier molecular flexibility index (Phi) is 2.86. The second kappa shape index (κ2) is 3.67. The number of hydrogen-bond donors (Lipinski definition) is 2.